The SMILES string of the molecule is CCCCC/C=C/CCCCCCCCCCCCCOC[C@H](O)[C@H]1OC[C@@H](O)[C@H]1O. The largest absolute Gasteiger partial charge is 0.388 e. The van der Waals surface area contributed by atoms with Crippen molar-refractivity contribution in [3.8, 4) is 0 Å². The van der Waals surface area contributed by atoms with E-state index < -0.39 is 24.4 Å². The molecule has 0 spiro atoms. The van der Waals surface area contributed by atoms with E-state index >= 15 is 0 Å². The van der Waals surface area contributed by atoms with Crippen LogP contribution >= 0.6 is 0 Å². The van der Waals surface area contributed by atoms with Gasteiger partial charge in [0, 0.05) is 6.61 Å². The van der Waals surface area contributed by atoms with Crippen molar-refractivity contribution >= 4 is 0 Å². The van der Waals surface area contributed by atoms with Crippen LogP contribution in [0.3, 0.4) is 0 Å². The smallest absolute Gasteiger partial charge is 0.114 e. The summed E-state index contributed by atoms with van der Waals surface area (Å²) in [4.78, 5) is 0. The van der Waals surface area contributed by atoms with E-state index in [1.807, 2.05) is 0 Å². The van der Waals surface area contributed by atoms with Crippen molar-refractivity contribution in [1.29, 1.82) is 0 Å². The van der Waals surface area contributed by atoms with Gasteiger partial charge in [0.15, 0.2) is 0 Å². The molecule has 0 aliphatic carbocycles. The van der Waals surface area contributed by atoms with Crippen LogP contribution in [0.4, 0.5) is 0 Å². The predicted molar refractivity (Wildman–Crippen MR) is 127 cm³/mol. The number of rotatable bonds is 21. The van der Waals surface area contributed by atoms with Crippen LogP contribution in [-0.4, -0.2) is 59.6 Å². The van der Waals surface area contributed by atoms with Crippen LogP contribution in [0.25, 0.3) is 0 Å². The van der Waals surface area contributed by atoms with Crippen molar-refractivity contribution in [1.82, 2.24) is 0 Å². The maximum Gasteiger partial charge on any atom is 0.114 e. The number of unbranched alkanes of at least 4 members (excludes halogenated alkanes) is 14. The third-order valence-electron chi connectivity index (χ3n) is 6.16. The molecule has 0 aromatic rings. The van der Waals surface area contributed by atoms with Gasteiger partial charge in [-0.25, -0.2) is 0 Å². The standard InChI is InChI=1S/C26H50O5/c1-2-3-4-5-6-7-8-9-10-11-12-13-14-15-16-17-18-19-20-30-21-24(28)26-25(29)23(27)22-31-26/h6-7,23-29H,2-5,8-22H2,1H3/b7-6+/t23-,24+,25-,26-/m1/s1. The third-order valence-corrected chi connectivity index (χ3v) is 6.16. The van der Waals surface area contributed by atoms with Crippen LogP contribution in [0, 0.1) is 0 Å². The van der Waals surface area contributed by atoms with Gasteiger partial charge in [0.1, 0.15) is 24.4 Å². The number of ether oxygens (including phenoxy) is 2. The molecule has 5 heteroatoms. The van der Waals surface area contributed by atoms with Crippen LogP contribution < -0.4 is 0 Å². The van der Waals surface area contributed by atoms with E-state index in [4.69, 9.17) is 9.47 Å². The van der Waals surface area contributed by atoms with Crippen LogP contribution in [0.1, 0.15) is 110 Å². The minimum absolute atomic E-state index is 0.0692. The molecule has 1 saturated heterocycles. The summed E-state index contributed by atoms with van der Waals surface area (Å²) in [6.45, 7) is 3.09. The fourth-order valence-corrected chi connectivity index (χ4v) is 4.07. The van der Waals surface area contributed by atoms with Crippen molar-refractivity contribution in [2.24, 2.45) is 0 Å². The zero-order valence-electron chi connectivity index (χ0n) is 20.1. The molecular weight excluding hydrogens is 392 g/mol. The van der Waals surface area contributed by atoms with Crippen LogP contribution in [0.15, 0.2) is 12.2 Å². The Morgan fingerprint density at radius 1 is 0.806 bits per heavy atom. The first-order chi connectivity index (χ1) is 15.2. The third kappa shape index (κ3) is 15.1. The zero-order valence-corrected chi connectivity index (χ0v) is 20.1. The zero-order chi connectivity index (χ0) is 22.6. The summed E-state index contributed by atoms with van der Waals surface area (Å²) < 4.78 is 10.7. The molecule has 1 aliphatic heterocycles. The van der Waals surface area contributed by atoms with E-state index in [-0.39, 0.29) is 13.2 Å². The Bertz CT molecular complexity index is 415. The van der Waals surface area contributed by atoms with Crippen LogP contribution in [0.2, 0.25) is 0 Å². The molecule has 0 aromatic carbocycles. The second-order valence-electron chi connectivity index (χ2n) is 9.14. The molecule has 5 nitrogen and oxygen atoms in total. The van der Waals surface area contributed by atoms with Crippen molar-refractivity contribution in [3.63, 3.8) is 0 Å². The molecule has 1 heterocycles. The molecular formula is C26H50O5. The molecule has 0 unspecified atom stereocenters. The fourth-order valence-electron chi connectivity index (χ4n) is 4.07. The van der Waals surface area contributed by atoms with Gasteiger partial charge >= 0.3 is 0 Å². The number of hydrogen-bond acceptors (Lipinski definition) is 5. The van der Waals surface area contributed by atoms with Gasteiger partial charge in [0.25, 0.3) is 0 Å². The normalized spacial score (nSPS) is 22.5. The highest BCUT2D eigenvalue weighted by Crippen LogP contribution is 2.18. The minimum atomic E-state index is -1.03. The molecule has 1 fully saturated rings. The number of hydrogen-bond donors (Lipinski definition) is 3. The van der Waals surface area contributed by atoms with Crippen LogP contribution in [-0.2, 0) is 9.47 Å². The van der Waals surface area contributed by atoms with E-state index in [2.05, 4.69) is 19.1 Å². The predicted octanol–water partition coefficient (Wildman–Crippen LogP) is 5.30. The monoisotopic (exact) mass is 442 g/mol. The quantitative estimate of drug-likeness (QED) is 0.166. The summed E-state index contributed by atoms with van der Waals surface area (Å²) in [5.74, 6) is 0. The lowest BCUT2D eigenvalue weighted by atomic mass is 10.0. The van der Waals surface area contributed by atoms with Gasteiger partial charge in [-0.3, -0.25) is 0 Å². The van der Waals surface area contributed by atoms with Gasteiger partial charge in [-0.1, -0.05) is 89.7 Å². The molecule has 0 radical (unpaired) electrons. The molecule has 0 saturated carbocycles. The van der Waals surface area contributed by atoms with Crippen molar-refractivity contribution in [2.45, 2.75) is 134 Å². The molecule has 184 valence electrons. The number of aliphatic hydroxyl groups is 3. The first-order valence-electron chi connectivity index (χ1n) is 13.0. The molecule has 0 aromatic heterocycles. The summed E-state index contributed by atoms with van der Waals surface area (Å²) in [7, 11) is 0. The minimum Gasteiger partial charge on any atom is -0.388 e. The van der Waals surface area contributed by atoms with E-state index in [9.17, 15) is 15.3 Å². The lowest BCUT2D eigenvalue weighted by Gasteiger charge is -2.20. The Morgan fingerprint density at radius 3 is 1.84 bits per heavy atom. The van der Waals surface area contributed by atoms with E-state index in [1.54, 1.807) is 0 Å². The lowest BCUT2D eigenvalue weighted by Crippen LogP contribution is -2.40. The Morgan fingerprint density at radius 2 is 1.32 bits per heavy atom. The summed E-state index contributed by atoms with van der Waals surface area (Å²) in [5, 5.41) is 29.1. The maximum atomic E-state index is 9.96. The second-order valence-corrected chi connectivity index (χ2v) is 9.14. The molecule has 4 atom stereocenters. The summed E-state index contributed by atoms with van der Waals surface area (Å²) in [6.07, 6.45) is 22.0. The molecule has 0 bridgehead atoms. The number of allylic oxidation sites excluding steroid dienone is 2. The highest BCUT2D eigenvalue weighted by Gasteiger charge is 2.39. The topological polar surface area (TPSA) is 79.2 Å². The van der Waals surface area contributed by atoms with Crippen molar-refractivity contribution in [2.75, 3.05) is 19.8 Å². The van der Waals surface area contributed by atoms with Crippen molar-refractivity contribution in [3.05, 3.63) is 12.2 Å². The molecule has 31 heavy (non-hydrogen) atoms. The highest BCUT2D eigenvalue weighted by atomic mass is 16.5. The van der Waals surface area contributed by atoms with Gasteiger partial charge in [-0.2, -0.15) is 0 Å². The Hall–Kier alpha value is -0.460. The Balaban J connectivity index is 1.74. The van der Waals surface area contributed by atoms with Gasteiger partial charge < -0.3 is 24.8 Å². The molecule has 1 rings (SSSR count). The van der Waals surface area contributed by atoms with Gasteiger partial charge in [-0.15, -0.1) is 0 Å². The number of aliphatic hydroxyl groups excluding tert-OH is 3. The summed E-state index contributed by atoms with van der Waals surface area (Å²) in [6, 6.07) is 0. The van der Waals surface area contributed by atoms with Gasteiger partial charge in [-0.05, 0) is 32.1 Å². The van der Waals surface area contributed by atoms with Gasteiger partial charge in [0.2, 0.25) is 0 Å². The molecule has 1 aliphatic rings. The Labute approximate surface area is 191 Å². The second kappa shape index (κ2) is 20.2. The molecule has 3 N–H and O–H groups in total. The Kier molecular flexibility index (Phi) is 18.6. The summed E-state index contributed by atoms with van der Waals surface area (Å²) in [5.41, 5.74) is 0. The first kappa shape index (κ1) is 28.6. The average molecular weight is 443 g/mol. The highest BCUT2D eigenvalue weighted by molar-refractivity contribution is 4.87. The van der Waals surface area contributed by atoms with Gasteiger partial charge in [0.05, 0.1) is 13.2 Å². The maximum absolute atomic E-state index is 9.96. The fraction of sp³-hybridized carbons (Fsp3) is 0.923. The van der Waals surface area contributed by atoms with E-state index in [1.165, 1.54) is 89.9 Å². The van der Waals surface area contributed by atoms with E-state index in [0.717, 1.165) is 12.8 Å². The average Bonchev–Trinajstić information content (AvgIpc) is 3.10. The first-order valence-corrected chi connectivity index (χ1v) is 13.0. The lowest BCUT2D eigenvalue weighted by molar-refractivity contribution is -0.0813. The summed E-state index contributed by atoms with van der Waals surface area (Å²) >= 11 is 0. The molecule has 0 amide bonds. The van der Waals surface area contributed by atoms with Crippen molar-refractivity contribution < 1.29 is 24.8 Å². The van der Waals surface area contributed by atoms with Crippen LogP contribution in [0.5, 0.6) is 0 Å². The van der Waals surface area contributed by atoms with E-state index in [0.29, 0.717) is 6.61 Å².